The van der Waals surface area contributed by atoms with Crippen molar-refractivity contribution in [2.75, 3.05) is 17.7 Å². The summed E-state index contributed by atoms with van der Waals surface area (Å²) in [6.45, 7) is 5.18. The van der Waals surface area contributed by atoms with E-state index < -0.39 is 22.0 Å². The quantitative estimate of drug-likeness (QED) is 0.789. The van der Waals surface area contributed by atoms with E-state index in [1.54, 1.807) is 13.0 Å². The number of carbonyl (C=O) groups excluding carboxylic acids is 1. The topological polar surface area (TPSA) is 63.7 Å². The van der Waals surface area contributed by atoms with E-state index >= 15 is 0 Å². The van der Waals surface area contributed by atoms with Crippen LogP contribution in [-0.4, -0.2) is 33.8 Å². The number of nitrogens with zero attached hydrogens (tertiary/aromatic N) is 1. The Morgan fingerprint density at radius 2 is 1.89 bits per heavy atom. The van der Waals surface area contributed by atoms with Gasteiger partial charge >= 0.3 is 5.97 Å². The van der Waals surface area contributed by atoms with Crippen LogP contribution in [0.5, 0.6) is 0 Å². The molecule has 1 aromatic carbocycles. The Bertz CT molecular complexity index is 580. The van der Waals surface area contributed by atoms with Crippen LogP contribution < -0.4 is 4.31 Å². The zero-order valence-corrected chi connectivity index (χ0v) is 12.6. The van der Waals surface area contributed by atoms with E-state index in [-0.39, 0.29) is 0 Å². The van der Waals surface area contributed by atoms with Crippen LogP contribution in [0.15, 0.2) is 18.2 Å². The second kappa shape index (κ2) is 5.61. The largest absolute Gasteiger partial charge is 0.467 e. The summed E-state index contributed by atoms with van der Waals surface area (Å²) in [4.78, 5) is 11.6. The number of benzene rings is 1. The average Bonchev–Trinajstić information content (AvgIpc) is 2.31. The fraction of sp³-hybridized carbons (Fsp3) is 0.462. The summed E-state index contributed by atoms with van der Waals surface area (Å²) in [5.41, 5.74) is 2.21. The molecule has 1 rings (SSSR count). The first kappa shape index (κ1) is 15.5. The van der Waals surface area contributed by atoms with Crippen molar-refractivity contribution in [1.29, 1.82) is 0 Å². The van der Waals surface area contributed by atoms with Crippen LogP contribution in [0.4, 0.5) is 5.69 Å². The predicted octanol–water partition coefficient (Wildman–Crippen LogP) is 1.63. The van der Waals surface area contributed by atoms with Crippen molar-refractivity contribution in [2.45, 2.75) is 26.8 Å². The molecule has 0 unspecified atom stereocenters. The Labute approximate surface area is 114 Å². The Kier molecular flexibility index (Phi) is 4.57. The van der Waals surface area contributed by atoms with E-state index in [1.165, 1.54) is 14.0 Å². The number of carbonyl (C=O) groups is 1. The molecule has 0 aliphatic rings. The molecule has 1 atom stereocenters. The molecule has 0 saturated heterocycles. The smallest absolute Gasteiger partial charge is 0.329 e. The Morgan fingerprint density at radius 1 is 1.32 bits per heavy atom. The maximum absolute atomic E-state index is 12.0. The first-order chi connectivity index (χ1) is 8.68. The summed E-state index contributed by atoms with van der Waals surface area (Å²) >= 11 is 0. The number of sulfonamides is 1. The minimum atomic E-state index is -3.58. The van der Waals surface area contributed by atoms with Crippen molar-refractivity contribution in [3.8, 4) is 0 Å². The monoisotopic (exact) mass is 285 g/mol. The molecule has 6 heteroatoms. The minimum Gasteiger partial charge on any atom is -0.467 e. The van der Waals surface area contributed by atoms with Gasteiger partial charge in [0.1, 0.15) is 6.04 Å². The SMILES string of the molecule is COC(=O)[C@@H](C)N(c1cc(C)ccc1C)S(C)(=O)=O. The minimum absolute atomic E-state index is 0.500. The van der Waals surface area contributed by atoms with Crippen molar-refractivity contribution < 1.29 is 17.9 Å². The molecular formula is C13H19NO4S. The molecule has 1 aromatic rings. The van der Waals surface area contributed by atoms with Crippen molar-refractivity contribution in [2.24, 2.45) is 0 Å². The molecule has 19 heavy (non-hydrogen) atoms. The normalized spacial score (nSPS) is 12.9. The molecule has 0 radical (unpaired) electrons. The van der Waals surface area contributed by atoms with Crippen LogP contribution in [0.3, 0.4) is 0 Å². The molecule has 0 aliphatic carbocycles. The Balaban J connectivity index is 3.41. The maximum Gasteiger partial charge on any atom is 0.329 e. The third-order valence-corrected chi connectivity index (χ3v) is 4.08. The number of hydrogen-bond donors (Lipinski definition) is 0. The summed E-state index contributed by atoms with van der Waals surface area (Å²) in [6.07, 6.45) is 1.08. The van der Waals surface area contributed by atoms with E-state index in [0.29, 0.717) is 5.69 Å². The van der Waals surface area contributed by atoms with E-state index in [0.717, 1.165) is 21.7 Å². The average molecular weight is 285 g/mol. The highest BCUT2D eigenvalue weighted by Crippen LogP contribution is 2.26. The third-order valence-electron chi connectivity index (χ3n) is 2.85. The molecule has 0 aromatic heterocycles. The van der Waals surface area contributed by atoms with Gasteiger partial charge in [-0.2, -0.15) is 0 Å². The van der Waals surface area contributed by atoms with Gasteiger partial charge in [0.25, 0.3) is 0 Å². The molecule has 0 aliphatic heterocycles. The molecule has 0 saturated carbocycles. The van der Waals surface area contributed by atoms with Crippen molar-refractivity contribution in [3.63, 3.8) is 0 Å². The van der Waals surface area contributed by atoms with E-state index in [9.17, 15) is 13.2 Å². The van der Waals surface area contributed by atoms with Gasteiger partial charge in [0.15, 0.2) is 0 Å². The Hall–Kier alpha value is -1.56. The first-order valence-electron chi connectivity index (χ1n) is 5.83. The van der Waals surface area contributed by atoms with Crippen LogP contribution in [0, 0.1) is 13.8 Å². The molecule has 0 heterocycles. The van der Waals surface area contributed by atoms with Crippen LogP contribution in [0.25, 0.3) is 0 Å². The molecule has 0 N–H and O–H groups in total. The van der Waals surface area contributed by atoms with Crippen molar-refractivity contribution in [1.82, 2.24) is 0 Å². The molecular weight excluding hydrogens is 266 g/mol. The molecule has 106 valence electrons. The van der Waals surface area contributed by atoms with Gasteiger partial charge < -0.3 is 4.74 Å². The highest BCUT2D eigenvalue weighted by atomic mass is 32.2. The predicted molar refractivity (Wildman–Crippen MR) is 74.7 cm³/mol. The van der Waals surface area contributed by atoms with Gasteiger partial charge in [0, 0.05) is 0 Å². The highest BCUT2D eigenvalue weighted by molar-refractivity contribution is 7.92. The lowest BCUT2D eigenvalue weighted by atomic mass is 10.1. The van der Waals surface area contributed by atoms with E-state index in [2.05, 4.69) is 4.74 Å². The van der Waals surface area contributed by atoms with Crippen LogP contribution in [-0.2, 0) is 19.6 Å². The van der Waals surface area contributed by atoms with E-state index in [4.69, 9.17) is 0 Å². The first-order valence-corrected chi connectivity index (χ1v) is 7.67. The lowest BCUT2D eigenvalue weighted by Crippen LogP contribution is -2.43. The second-order valence-electron chi connectivity index (χ2n) is 4.55. The second-order valence-corrected chi connectivity index (χ2v) is 6.41. The number of aryl methyl sites for hydroxylation is 2. The number of esters is 1. The van der Waals surface area contributed by atoms with Gasteiger partial charge in [0.05, 0.1) is 19.1 Å². The Morgan fingerprint density at radius 3 is 2.37 bits per heavy atom. The van der Waals surface area contributed by atoms with Crippen LogP contribution in [0.1, 0.15) is 18.1 Å². The van der Waals surface area contributed by atoms with Crippen molar-refractivity contribution >= 4 is 21.7 Å². The van der Waals surface area contributed by atoms with Gasteiger partial charge in [-0.15, -0.1) is 0 Å². The highest BCUT2D eigenvalue weighted by Gasteiger charge is 2.30. The molecule has 0 fully saturated rings. The standard InChI is InChI=1S/C13H19NO4S/c1-9-6-7-10(2)12(8-9)14(19(5,16)17)11(3)13(15)18-4/h6-8,11H,1-5H3/t11-/m1/s1. The zero-order valence-electron chi connectivity index (χ0n) is 11.8. The van der Waals surface area contributed by atoms with Gasteiger partial charge in [-0.3, -0.25) is 4.31 Å². The fourth-order valence-electron chi connectivity index (χ4n) is 1.90. The van der Waals surface area contributed by atoms with Gasteiger partial charge in [-0.1, -0.05) is 12.1 Å². The molecule has 0 spiro atoms. The number of rotatable bonds is 4. The van der Waals surface area contributed by atoms with Crippen molar-refractivity contribution in [3.05, 3.63) is 29.3 Å². The number of ether oxygens (including phenoxy) is 1. The van der Waals surface area contributed by atoms with Gasteiger partial charge in [-0.25, -0.2) is 13.2 Å². The summed E-state index contributed by atoms with van der Waals surface area (Å²) in [6, 6.07) is 4.56. The number of hydrogen-bond acceptors (Lipinski definition) is 4. The lowest BCUT2D eigenvalue weighted by Gasteiger charge is -2.28. The zero-order chi connectivity index (χ0) is 14.8. The summed E-state index contributed by atoms with van der Waals surface area (Å²) in [7, 11) is -2.34. The number of anilines is 1. The van der Waals surface area contributed by atoms with Crippen LogP contribution >= 0.6 is 0 Å². The molecule has 0 bridgehead atoms. The fourth-order valence-corrected chi connectivity index (χ4v) is 3.11. The number of methoxy groups -OCH3 is 1. The van der Waals surface area contributed by atoms with Gasteiger partial charge in [-0.05, 0) is 38.0 Å². The summed E-state index contributed by atoms with van der Waals surface area (Å²) in [5, 5.41) is 0. The van der Waals surface area contributed by atoms with Crippen LogP contribution in [0.2, 0.25) is 0 Å². The lowest BCUT2D eigenvalue weighted by molar-refractivity contribution is -0.141. The molecule has 5 nitrogen and oxygen atoms in total. The summed E-state index contributed by atoms with van der Waals surface area (Å²) < 4.78 is 29.7. The maximum atomic E-state index is 12.0. The third kappa shape index (κ3) is 3.47. The molecule has 0 amide bonds. The van der Waals surface area contributed by atoms with E-state index in [1.807, 2.05) is 19.1 Å². The summed E-state index contributed by atoms with van der Waals surface area (Å²) in [5.74, 6) is -0.591. The van der Waals surface area contributed by atoms with Gasteiger partial charge in [0.2, 0.25) is 10.0 Å².